The Morgan fingerprint density at radius 2 is 1.79 bits per heavy atom. The third kappa shape index (κ3) is 9.42. The van der Waals surface area contributed by atoms with Crippen LogP contribution in [0.3, 0.4) is 0 Å². The van der Waals surface area contributed by atoms with Crippen LogP contribution in [0, 0.1) is 0 Å². The molecule has 0 aliphatic carbocycles. The molecule has 3 nitrogen and oxygen atoms in total. The lowest BCUT2D eigenvalue weighted by molar-refractivity contribution is 0.0224. The highest BCUT2D eigenvalue weighted by molar-refractivity contribution is 4.61. The van der Waals surface area contributed by atoms with Gasteiger partial charge in [0.25, 0.3) is 0 Å². The number of nitrogens with zero attached hydrogens (tertiary/aromatic N) is 1. The van der Waals surface area contributed by atoms with Gasteiger partial charge < -0.3 is 9.47 Å². The molecule has 0 saturated carbocycles. The Hall–Kier alpha value is -0.120. The van der Waals surface area contributed by atoms with Gasteiger partial charge in [-0.3, -0.25) is 4.90 Å². The van der Waals surface area contributed by atoms with Crippen LogP contribution in [0.15, 0.2) is 0 Å². The summed E-state index contributed by atoms with van der Waals surface area (Å²) in [4.78, 5) is 2.47. The molecule has 0 aromatic heterocycles. The zero-order chi connectivity index (χ0) is 13.8. The van der Waals surface area contributed by atoms with Crippen LogP contribution < -0.4 is 0 Å². The molecule has 1 unspecified atom stereocenters. The minimum absolute atomic E-state index is 0.436. The lowest BCUT2D eigenvalue weighted by Gasteiger charge is -2.26. The first kappa shape index (κ1) is 16.9. The highest BCUT2D eigenvalue weighted by Crippen LogP contribution is 2.09. The average Bonchev–Trinajstić information content (AvgIpc) is 2.44. The molecule has 0 aromatic carbocycles. The minimum atomic E-state index is 0.436. The molecular formula is C16H33NO2. The SMILES string of the molecule is CCCCCCCC(C)OCCCN1CCOCC1. The average molecular weight is 271 g/mol. The molecule has 19 heavy (non-hydrogen) atoms. The third-order valence-corrected chi connectivity index (χ3v) is 3.84. The van der Waals surface area contributed by atoms with E-state index in [0.717, 1.165) is 45.9 Å². The zero-order valence-electron chi connectivity index (χ0n) is 13.0. The number of unbranched alkanes of at least 4 members (excludes halogenated alkanes) is 4. The first-order valence-electron chi connectivity index (χ1n) is 8.24. The van der Waals surface area contributed by atoms with E-state index in [2.05, 4.69) is 18.7 Å². The van der Waals surface area contributed by atoms with Crippen molar-refractivity contribution in [1.29, 1.82) is 0 Å². The lowest BCUT2D eigenvalue weighted by atomic mass is 10.1. The quantitative estimate of drug-likeness (QED) is 0.537. The van der Waals surface area contributed by atoms with E-state index in [1.165, 1.54) is 38.5 Å². The topological polar surface area (TPSA) is 21.7 Å². The van der Waals surface area contributed by atoms with Crippen LogP contribution in [0.5, 0.6) is 0 Å². The fourth-order valence-electron chi connectivity index (χ4n) is 2.52. The number of hydrogen-bond donors (Lipinski definition) is 0. The van der Waals surface area contributed by atoms with E-state index in [-0.39, 0.29) is 0 Å². The second kappa shape index (κ2) is 11.7. The fourth-order valence-corrected chi connectivity index (χ4v) is 2.52. The molecule has 0 aromatic rings. The predicted octanol–water partition coefficient (Wildman–Crippen LogP) is 3.47. The number of rotatable bonds is 11. The van der Waals surface area contributed by atoms with Crippen LogP contribution in [0.4, 0.5) is 0 Å². The summed E-state index contributed by atoms with van der Waals surface area (Å²) in [5.41, 5.74) is 0. The highest BCUT2D eigenvalue weighted by Gasteiger charge is 2.09. The molecule has 1 heterocycles. The van der Waals surface area contributed by atoms with Gasteiger partial charge in [-0.05, 0) is 19.8 Å². The smallest absolute Gasteiger partial charge is 0.0594 e. The van der Waals surface area contributed by atoms with Gasteiger partial charge in [-0.25, -0.2) is 0 Å². The van der Waals surface area contributed by atoms with E-state index >= 15 is 0 Å². The van der Waals surface area contributed by atoms with E-state index in [1.54, 1.807) is 0 Å². The van der Waals surface area contributed by atoms with Gasteiger partial charge in [0.15, 0.2) is 0 Å². The maximum atomic E-state index is 5.88. The monoisotopic (exact) mass is 271 g/mol. The van der Waals surface area contributed by atoms with E-state index in [9.17, 15) is 0 Å². The molecule has 1 atom stereocenters. The summed E-state index contributed by atoms with van der Waals surface area (Å²) in [6.07, 6.45) is 9.61. The lowest BCUT2D eigenvalue weighted by Crippen LogP contribution is -2.37. The molecule has 114 valence electrons. The van der Waals surface area contributed by atoms with Crippen LogP contribution in [0.25, 0.3) is 0 Å². The summed E-state index contributed by atoms with van der Waals surface area (Å²) < 4.78 is 11.2. The van der Waals surface area contributed by atoms with Crippen molar-refractivity contribution in [2.75, 3.05) is 39.5 Å². The van der Waals surface area contributed by atoms with Crippen molar-refractivity contribution in [3.63, 3.8) is 0 Å². The van der Waals surface area contributed by atoms with Gasteiger partial charge in [-0.15, -0.1) is 0 Å². The van der Waals surface area contributed by atoms with Crippen molar-refractivity contribution in [2.45, 2.75) is 64.9 Å². The fraction of sp³-hybridized carbons (Fsp3) is 1.00. The van der Waals surface area contributed by atoms with Crippen molar-refractivity contribution in [1.82, 2.24) is 4.90 Å². The second-order valence-electron chi connectivity index (χ2n) is 5.69. The summed E-state index contributed by atoms with van der Waals surface area (Å²) in [5, 5.41) is 0. The van der Waals surface area contributed by atoms with Gasteiger partial charge in [-0.1, -0.05) is 39.0 Å². The summed E-state index contributed by atoms with van der Waals surface area (Å²) in [5.74, 6) is 0. The Balaban J connectivity index is 1.85. The van der Waals surface area contributed by atoms with Crippen LogP contribution in [0.2, 0.25) is 0 Å². The third-order valence-electron chi connectivity index (χ3n) is 3.84. The standard InChI is InChI=1S/C16H33NO2/c1-3-4-5-6-7-9-16(2)19-13-8-10-17-11-14-18-15-12-17/h16H,3-15H2,1-2H3. The summed E-state index contributed by atoms with van der Waals surface area (Å²) in [6.45, 7) is 10.5. The molecule has 0 bridgehead atoms. The maximum Gasteiger partial charge on any atom is 0.0594 e. The van der Waals surface area contributed by atoms with Gasteiger partial charge in [0.1, 0.15) is 0 Å². The van der Waals surface area contributed by atoms with Gasteiger partial charge in [0.2, 0.25) is 0 Å². The molecule has 1 fully saturated rings. The largest absolute Gasteiger partial charge is 0.379 e. The zero-order valence-corrected chi connectivity index (χ0v) is 13.0. The Bertz CT molecular complexity index is 193. The summed E-state index contributed by atoms with van der Waals surface area (Å²) in [6, 6.07) is 0. The van der Waals surface area contributed by atoms with Crippen LogP contribution >= 0.6 is 0 Å². The molecule has 1 aliphatic rings. The summed E-state index contributed by atoms with van der Waals surface area (Å²) >= 11 is 0. The maximum absolute atomic E-state index is 5.88. The molecule has 1 rings (SSSR count). The molecule has 0 spiro atoms. The van der Waals surface area contributed by atoms with Crippen molar-refractivity contribution in [3.05, 3.63) is 0 Å². The van der Waals surface area contributed by atoms with Gasteiger partial charge in [0, 0.05) is 26.2 Å². The first-order chi connectivity index (χ1) is 9.33. The normalized spacial score (nSPS) is 18.6. The predicted molar refractivity (Wildman–Crippen MR) is 80.7 cm³/mol. The van der Waals surface area contributed by atoms with E-state index in [0.29, 0.717) is 6.10 Å². The van der Waals surface area contributed by atoms with Crippen LogP contribution in [-0.4, -0.2) is 50.5 Å². The van der Waals surface area contributed by atoms with E-state index in [4.69, 9.17) is 9.47 Å². The highest BCUT2D eigenvalue weighted by atomic mass is 16.5. The van der Waals surface area contributed by atoms with Gasteiger partial charge in [-0.2, -0.15) is 0 Å². The van der Waals surface area contributed by atoms with Crippen LogP contribution in [0.1, 0.15) is 58.8 Å². The number of morpholine rings is 1. The van der Waals surface area contributed by atoms with E-state index < -0.39 is 0 Å². The van der Waals surface area contributed by atoms with E-state index in [1.807, 2.05) is 0 Å². The van der Waals surface area contributed by atoms with Crippen molar-refractivity contribution < 1.29 is 9.47 Å². The number of ether oxygens (including phenoxy) is 2. The Labute approximate surface area is 119 Å². The van der Waals surface area contributed by atoms with Crippen LogP contribution in [-0.2, 0) is 9.47 Å². The second-order valence-corrected chi connectivity index (χ2v) is 5.69. The molecule has 3 heteroatoms. The van der Waals surface area contributed by atoms with Gasteiger partial charge in [0.05, 0.1) is 19.3 Å². The van der Waals surface area contributed by atoms with Crippen molar-refractivity contribution >= 4 is 0 Å². The summed E-state index contributed by atoms with van der Waals surface area (Å²) in [7, 11) is 0. The van der Waals surface area contributed by atoms with Crippen molar-refractivity contribution in [2.24, 2.45) is 0 Å². The molecule has 0 N–H and O–H groups in total. The molecule has 1 saturated heterocycles. The molecular weight excluding hydrogens is 238 g/mol. The Morgan fingerprint density at radius 1 is 1.05 bits per heavy atom. The molecule has 0 radical (unpaired) electrons. The Kier molecular flexibility index (Phi) is 10.4. The molecule has 1 aliphatic heterocycles. The first-order valence-corrected chi connectivity index (χ1v) is 8.24. The van der Waals surface area contributed by atoms with Crippen molar-refractivity contribution in [3.8, 4) is 0 Å². The Morgan fingerprint density at radius 3 is 2.53 bits per heavy atom. The van der Waals surface area contributed by atoms with Gasteiger partial charge >= 0.3 is 0 Å². The molecule has 0 amide bonds. The number of hydrogen-bond acceptors (Lipinski definition) is 3. The minimum Gasteiger partial charge on any atom is -0.379 e.